The number of aliphatic hydroxyl groups is 1. The quantitative estimate of drug-likeness (QED) is 0.672. The minimum atomic E-state index is -0.494. The summed E-state index contributed by atoms with van der Waals surface area (Å²) in [5.74, 6) is 0. The summed E-state index contributed by atoms with van der Waals surface area (Å²) in [6.45, 7) is 0.269. The summed E-state index contributed by atoms with van der Waals surface area (Å²) >= 11 is 3.28. The molecule has 5 heteroatoms. The van der Waals surface area contributed by atoms with Crippen molar-refractivity contribution < 1.29 is 5.11 Å². The molecule has 11 heavy (non-hydrogen) atoms. The Balaban J connectivity index is 2.56. The normalized spacial score (nSPS) is 13.4. The Hall–Kier alpha value is -0.390. The summed E-state index contributed by atoms with van der Waals surface area (Å²) in [6.07, 6.45) is 1.67. The summed E-state index contributed by atoms with van der Waals surface area (Å²) in [5, 5.41) is 15.7. The lowest BCUT2D eigenvalue weighted by atomic mass is 10.2. The van der Waals surface area contributed by atoms with Gasteiger partial charge in [0.05, 0.1) is 22.5 Å². The molecule has 0 aliphatic carbocycles. The highest BCUT2D eigenvalue weighted by molar-refractivity contribution is 9.10. The van der Waals surface area contributed by atoms with Crippen LogP contribution in [0.5, 0.6) is 0 Å². The third-order valence-corrected chi connectivity index (χ3v) is 2.06. The molecule has 0 radical (unpaired) electrons. The second kappa shape index (κ2) is 3.85. The summed E-state index contributed by atoms with van der Waals surface area (Å²) < 4.78 is 0.880. The zero-order valence-electron chi connectivity index (χ0n) is 5.92. The molecular formula is C6H10BrN3O. The number of nitrogens with zero attached hydrogens (tertiary/aromatic N) is 1. The van der Waals surface area contributed by atoms with Gasteiger partial charge in [0.25, 0.3) is 0 Å². The second-order valence-corrected chi connectivity index (χ2v) is 3.14. The molecule has 1 rings (SSSR count). The molecule has 0 bridgehead atoms. The number of halogens is 1. The van der Waals surface area contributed by atoms with E-state index in [1.807, 2.05) is 0 Å². The Labute approximate surface area is 72.9 Å². The highest BCUT2D eigenvalue weighted by Crippen LogP contribution is 2.13. The van der Waals surface area contributed by atoms with E-state index in [4.69, 9.17) is 10.8 Å². The fourth-order valence-corrected chi connectivity index (χ4v) is 1.11. The molecule has 0 amide bonds. The van der Waals surface area contributed by atoms with Crippen LogP contribution in [0.2, 0.25) is 0 Å². The molecule has 0 saturated heterocycles. The van der Waals surface area contributed by atoms with Gasteiger partial charge in [0, 0.05) is 13.0 Å². The van der Waals surface area contributed by atoms with Crippen molar-refractivity contribution in [1.29, 1.82) is 0 Å². The van der Waals surface area contributed by atoms with Crippen molar-refractivity contribution in [3.8, 4) is 0 Å². The molecule has 62 valence electrons. The first-order valence-electron chi connectivity index (χ1n) is 3.30. The lowest BCUT2D eigenvalue weighted by molar-refractivity contribution is 0.182. The molecule has 0 aliphatic heterocycles. The Kier molecular flexibility index (Phi) is 3.04. The fraction of sp³-hybridized carbons (Fsp3) is 0.500. The van der Waals surface area contributed by atoms with E-state index in [9.17, 15) is 0 Å². The molecule has 0 aliphatic rings. The Bertz CT molecular complexity index is 225. The van der Waals surface area contributed by atoms with Gasteiger partial charge < -0.3 is 10.8 Å². The summed E-state index contributed by atoms with van der Waals surface area (Å²) in [4.78, 5) is 0. The maximum absolute atomic E-state index is 9.16. The first kappa shape index (κ1) is 8.70. The molecule has 1 aromatic heterocycles. The standard InChI is InChI=1S/C6H10BrN3O/c7-5-3-9-10-6(5)1-4(11)2-8/h3-4,11H,1-2,8H2,(H,9,10). The Morgan fingerprint density at radius 1 is 1.82 bits per heavy atom. The van der Waals surface area contributed by atoms with Gasteiger partial charge in [-0.05, 0) is 15.9 Å². The van der Waals surface area contributed by atoms with E-state index in [1.165, 1.54) is 0 Å². The number of nitrogens with one attached hydrogen (secondary N) is 1. The third kappa shape index (κ3) is 2.28. The van der Waals surface area contributed by atoms with Crippen molar-refractivity contribution >= 4 is 15.9 Å². The lowest BCUT2D eigenvalue weighted by Gasteiger charge is -2.04. The summed E-state index contributed by atoms with van der Waals surface area (Å²) in [7, 11) is 0. The number of hydrogen-bond donors (Lipinski definition) is 3. The van der Waals surface area contributed by atoms with E-state index in [0.717, 1.165) is 10.2 Å². The van der Waals surface area contributed by atoms with Gasteiger partial charge >= 0.3 is 0 Å². The minimum absolute atomic E-state index is 0.269. The van der Waals surface area contributed by atoms with Crippen molar-refractivity contribution in [2.24, 2.45) is 5.73 Å². The van der Waals surface area contributed by atoms with Crippen LogP contribution >= 0.6 is 15.9 Å². The van der Waals surface area contributed by atoms with E-state index in [1.54, 1.807) is 6.20 Å². The van der Waals surface area contributed by atoms with Crippen LogP contribution in [0.4, 0.5) is 0 Å². The van der Waals surface area contributed by atoms with Crippen LogP contribution in [0.1, 0.15) is 5.69 Å². The number of rotatable bonds is 3. The Morgan fingerprint density at radius 3 is 3.00 bits per heavy atom. The average molecular weight is 220 g/mol. The van der Waals surface area contributed by atoms with Crippen LogP contribution in [-0.4, -0.2) is 28.0 Å². The van der Waals surface area contributed by atoms with Gasteiger partial charge in [-0.15, -0.1) is 0 Å². The molecule has 4 N–H and O–H groups in total. The number of hydrogen-bond acceptors (Lipinski definition) is 3. The van der Waals surface area contributed by atoms with Crippen LogP contribution in [0.3, 0.4) is 0 Å². The van der Waals surface area contributed by atoms with E-state index in [0.29, 0.717) is 6.42 Å². The zero-order chi connectivity index (χ0) is 8.27. The van der Waals surface area contributed by atoms with Crippen LogP contribution in [0.15, 0.2) is 10.7 Å². The molecule has 0 spiro atoms. The zero-order valence-corrected chi connectivity index (χ0v) is 7.50. The monoisotopic (exact) mass is 219 g/mol. The van der Waals surface area contributed by atoms with Gasteiger partial charge in [0.15, 0.2) is 0 Å². The largest absolute Gasteiger partial charge is 0.391 e. The number of aliphatic hydroxyl groups excluding tert-OH is 1. The molecule has 0 fully saturated rings. The van der Waals surface area contributed by atoms with Crippen molar-refractivity contribution in [1.82, 2.24) is 10.2 Å². The molecule has 1 atom stereocenters. The Morgan fingerprint density at radius 2 is 2.55 bits per heavy atom. The van der Waals surface area contributed by atoms with Crippen molar-refractivity contribution in [3.63, 3.8) is 0 Å². The summed E-state index contributed by atoms with van der Waals surface area (Å²) in [6, 6.07) is 0. The van der Waals surface area contributed by atoms with Crippen molar-refractivity contribution in [3.05, 3.63) is 16.4 Å². The second-order valence-electron chi connectivity index (χ2n) is 2.29. The first-order chi connectivity index (χ1) is 5.24. The van der Waals surface area contributed by atoms with Crippen LogP contribution in [0, 0.1) is 0 Å². The maximum atomic E-state index is 9.16. The molecule has 4 nitrogen and oxygen atoms in total. The molecule has 1 heterocycles. The van der Waals surface area contributed by atoms with E-state index in [-0.39, 0.29) is 6.54 Å². The molecule has 1 aromatic rings. The average Bonchev–Trinajstić information content (AvgIpc) is 2.37. The van der Waals surface area contributed by atoms with Crippen LogP contribution < -0.4 is 5.73 Å². The fourth-order valence-electron chi connectivity index (χ4n) is 0.760. The topological polar surface area (TPSA) is 74.9 Å². The van der Waals surface area contributed by atoms with Gasteiger partial charge in [-0.2, -0.15) is 5.10 Å². The third-order valence-electron chi connectivity index (χ3n) is 1.38. The van der Waals surface area contributed by atoms with E-state index < -0.39 is 6.10 Å². The van der Waals surface area contributed by atoms with Crippen LogP contribution in [0.25, 0.3) is 0 Å². The van der Waals surface area contributed by atoms with E-state index in [2.05, 4.69) is 26.1 Å². The van der Waals surface area contributed by atoms with Gasteiger partial charge in [0.1, 0.15) is 0 Å². The van der Waals surface area contributed by atoms with Crippen molar-refractivity contribution in [2.45, 2.75) is 12.5 Å². The highest BCUT2D eigenvalue weighted by Gasteiger charge is 2.07. The smallest absolute Gasteiger partial charge is 0.0717 e. The van der Waals surface area contributed by atoms with Gasteiger partial charge in [0.2, 0.25) is 0 Å². The predicted octanol–water partition coefficient (Wildman–Crippen LogP) is 0.0343. The van der Waals surface area contributed by atoms with Gasteiger partial charge in [-0.1, -0.05) is 0 Å². The minimum Gasteiger partial charge on any atom is -0.391 e. The number of nitrogens with two attached hydrogens (primary N) is 1. The maximum Gasteiger partial charge on any atom is 0.0717 e. The molecule has 0 saturated carbocycles. The number of H-pyrrole nitrogens is 1. The van der Waals surface area contributed by atoms with Gasteiger partial charge in [-0.3, -0.25) is 5.10 Å². The molecule has 0 aromatic carbocycles. The SMILES string of the molecule is NCC(O)Cc1[nH]ncc1Br. The van der Waals surface area contributed by atoms with Gasteiger partial charge in [-0.25, -0.2) is 0 Å². The highest BCUT2D eigenvalue weighted by atomic mass is 79.9. The lowest BCUT2D eigenvalue weighted by Crippen LogP contribution is -2.22. The molecule has 1 unspecified atom stereocenters. The predicted molar refractivity (Wildman–Crippen MR) is 45.1 cm³/mol. The van der Waals surface area contributed by atoms with Crippen LogP contribution in [-0.2, 0) is 6.42 Å². The number of aromatic amines is 1. The number of aromatic nitrogens is 2. The van der Waals surface area contributed by atoms with E-state index >= 15 is 0 Å². The summed E-state index contributed by atoms with van der Waals surface area (Å²) in [5.41, 5.74) is 6.12. The molecular weight excluding hydrogens is 210 g/mol. The first-order valence-corrected chi connectivity index (χ1v) is 4.09. The van der Waals surface area contributed by atoms with Crippen molar-refractivity contribution in [2.75, 3.05) is 6.54 Å².